The van der Waals surface area contributed by atoms with Gasteiger partial charge in [0, 0.05) is 10.3 Å². The van der Waals surface area contributed by atoms with Gasteiger partial charge in [-0.3, -0.25) is 0 Å². The maximum Gasteiger partial charge on any atom is 0.416 e. The number of aromatic nitrogens is 1. The number of thiazole rings is 1. The van der Waals surface area contributed by atoms with Crippen LogP contribution in [-0.2, 0) is 6.18 Å². The summed E-state index contributed by atoms with van der Waals surface area (Å²) < 4.78 is 38.1. The Balaban J connectivity index is 2.03. The topological polar surface area (TPSA) is 38.9 Å². The van der Waals surface area contributed by atoms with Crippen molar-refractivity contribution in [1.82, 2.24) is 4.98 Å². The predicted octanol–water partition coefficient (Wildman–Crippen LogP) is 4.99. The van der Waals surface area contributed by atoms with E-state index >= 15 is 0 Å². The van der Waals surface area contributed by atoms with Gasteiger partial charge >= 0.3 is 6.18 Å². The van der Waals surface area contributed by atoms with E-state index in [1.165, 1.54) is 23.5 Å². The number of rotatable bonds is 3. The highest BCUT2D eigenvalue weighted by Gasteiger charge is 2.30. The second-order valence-electron chi connectivity index (χ2n) is 4.68. The van der Waals surface area contributed by atoms with Gasteiger partial charge in [0.15, 0.2) is 5.13 Å². The van der Waals surface area contributed by atoms with Crippen molar-refractivity contribution in [3.05, 3.63) is 68.9 Å². The predicted molar refractivity (Wildman–Crippen MR) is 83.2 cm³/mol. The van der Waals surface area contributed by atoms with Gasteiger partial charge in [0.1, 0.15) is 0 Å². The highest BCUT2D eigenvalue weighted by molar-refractivity contribution is 7.13. The van der Waals surface area contributed by atoms with Crippen molar-refractivity contribution in [1.29, 1.82) is 0 Å². The third kappa shape index (κ3) is 3.00. The number of nitrogens with two attached hydrogens (primary N) is 1. The van der Waals surface area contributed by atoms with Gasteiger partial charge in [0.25, 0.3) is 0 Å². The van der Waals surface area contributed by atoms with Crippen molar-refractivity contribution in [3.63, 3.8) is 0 Å². The summed E-state index contributed by atoms with van der Waals surface area (Å²) in [6.07, 6.45) is -4.33. The summed E-state index contributed by atoms with van der Waals surface area (Å²) in [5, 5.41) is 4.22. The quantitative estimate of drug-likeness (QED) is 0.730. The van der Waals surface area contributed by atoms with Gasteiger partial charge in [-0.1, -0.05) is 18.2 Å². The lowest BCUT2D eigenvalue weighted by Gasteiger charge is -2.15. The molecule has 0 spiro atoms. The number of alkyl halides is 3. The first-order valence-electron chi connectivity index (χ1n) is 6.36. The fraction of sp³-hybridized carbons (Fsp3) is 0.133. The zero-order chi connectivity index (χ0) is 15.7. The van der Waals surface area contributed by atoms with Gasteiger partial charge in [-0.05, 0) is 29.1 Å². The monoisotopic (exact) mass is 340 g/mol. The van der Waals surface area contributed by atoms with E-state index in [1.54, 1.807) is 11.3 Å². The minimum absolute atomic E-state index is 0.198. The molecule has 1 aromatic carbocycles. The molecule has 0 bridgehead atoms. The van der Waals surface area contributed by atoms with E-state index in [2.05, 4.69) is 4.98 Å². The molecule has 0 aliphatic heterocycles. The van der Waals surface area contributed by atoms with E-state index < -0.39 is 11.7 Å². The third-order valence-corrected chi connectivity index (χ3v) is 4.86. The lowest BCUT2D eigenvalue weighted by Crippen LogP contribution is -2.06. The molecular formula is C15H11F3N2S2. The summed E-state index contributed by atoms with van der Waals surface area (Å²) in [6.45, 7) is 0. The smallest absolute Gasteiger partial charge is 0.375 e. The van der Waals surface area contributed by atoms with E-state index in [1.807, 2.05) is 22.9 Å². The van der Waals surface area contributed by atoms with E-state index in [-0.39, 0.29) is 5.92 Å². The number of benzene rings is 1. The van der Waals surface area contributed by atoms with Crippen LogP contribution in [0.25, 0.3) is 0 Å². The standard InChI is InChI=1S/C15H11F3N2S2/c16-15(17,18)10-5-3-9(4-6-10)13(12-2-1-7-21-12)11-8-22-14(19)20-11/h1-8,13H,(H2,19,20). The summed E-state index contributed by atoms with van der Waals surface area (Å²) in [7, 11) is 0. The number of hydrogen-bond acceptors (Lipinski definition) is 4. The van der Waals surface area contributed by atoms with Crippen LogP contribution in [0.1, 0.15) is 27.6 Å². The molecule has 114 valence electrons. The van der Waals surface area contributed by atoms with Crippen molar-refractivity contribution < 1.29 is 13.2 Å². The molecule has 0 saturated carbocycles. The van der Waals surface area contributed by atoms with Crippen LogP contribution in [0.4, 0.5) is 18.3 Å². The summed E-state index contributed by atoms with van der Waals surface area (Å²) >= 11 is 2.86. The van der Waals surface area contributed by atoms with Crippen LogP contribution in [0.15, 0.2) is 47.2 Å². The van der Waals surface area contributed by atoms with E-state index in [0.717, 1.165) is 28.3 Å². The molecule has 0 amide bonds. The number of thiophene rings is 1. The Hall–Kier alpha value is -1.86. The summed E-state index contributed by atoms with van der Waals surface area (Å²) in [5.41, 5.74) is 6.56. The molecule has 0 aliphatic rings. The minimum atomic E-state index is -4.33. The Morgan fingerprint density at radius 2 is 1.77 bits per heavy atom. The second kappa shape index (κ2) is 5.73. The maximum atomic E-state index is 12.7. The molecule has 2 N–H and O–H groups in total. The van der Waals surface area contributed by atoms with Crippen molar-refractivity contribution in [3.8, 4) is 0 Å². The summed E-state index contributed by atoms with van der Waals surface area (Å²) in [4.78, 5) is 5.31. The average Bonchev–Trinajstić information content (AvgIpc) is 3.11. The Morgan fingerprint density at radius 3 is 2.27 bits per heavy atom. The molecule has 2 aromatic heterocycles. The van der Waals surface area contributed by atoms with Gasteiger partial charge < -0.3 is 5.73 Å². The number of nitrogen functional groups attached to an aromatic ring is 1. The Morgan fingerprint density at radius 1 is 1.05 bits per heavy atom. The molecule has 22 heavy (non-hydrogen) atoms. The number of nitrogens with zero attached hydrogens (tertiary/aromatic N) is 1. The maximum absolute atomic E-state index is 12.7. The average molecular weight is 340 g/mol. The van der Waals surface area contributed by atoms with Crippen LogP contribution in [0.3, 0.4) is 0 Å². The van der Waals surface area contributed by atoms with Crippen LogP contribution in [0.2, 0.25) is 0 Å². The summed E-state index contributed by atoms with van der Waals surface area (Å²) in [6, 6.07) is 9.07. The van der Waals surface area contributed by atoms with Gasteiger partial charge in [-0.2, -0.15) is 13.2 Å². The van der Waals surface area contributed by atoms with Crippen molar-refractivity contribution in [2.45, 2.75) is 12.1 Å². The Kier molecular flexibility index (Phi) is 3.92. The highest BCUT2D eigenvalue weighted by atomic mass is 32.1. The van der Waals surface area contributed by atoms with Crippen LogP contribution < -0.4 is 5.73 Å². The lowest BCUT2D eigenvalue weighted by molar-refractivity contribution is -0.137. The van der Waals surface area contributed by atoms with Gasteiger partial charge in [-0.25, -0.2) is 4.98 Å². The first-order valence-corrected chi connectivity index (χ1v) is 8.12. The molecule has 2 nitrogen and oxygen atoms in total. The zero-order valence-electron chi connectivity index (χ0n) is 11.2. The first-order chi connectivity index (χ1) is 10.4. The molecule has 1 unspecified atom stereocenters. The molecule has 0 radical (unpaired) electrons. The van der Waals surface area contributed by atoms with Crippen LogP contribution in [-0.4, -0.2) is 4.98 Å². The van der Waals surface area contributed by atoms with E-state index in [0.29, 0.717) is 5.13 Å². The fourth-order valence-electron chi connectivity index (χ4n) is 2.23. The first kappa shape index (κ1) is 15.1. The number of anilines is 1. The van der Waals surface area contributed by atoms with Crippen molar-refractivity contribution in [2.24, 2.45) is 0 Å². The number of hydrogen-bond donors (Lipinski definition) is 1. The summed E-state index contributed by atoms with van der Waals surface area (Å²) in [5.74, 6) is -0.198. The van der Waals surface area contributed by atoms with Gasteiger partial charge in [-0.15, -0.1) is 22.7 Å². The molecule has 3 aromatic rings. The molecular weight excluding hydrogens is 329 g/mol. The van der Waals surface area contributed by atoms with Crippen molar-refractivity contribution in [2.75, 3.05) is 5.73 Å². The Bertz CT molecular complexity index is 746. The van der Waals surface area contributed by atoms with E-state index in [4.69, 9.17) is 5.73 Å². The molecule has 0 fully saturated rings. The second-order valence-corrected chi connectivity index (χ2v) is 6.55. The van der Waals surface area contributed by atoms with Gasteiger partial charge in [0.2, 0.25) is 0 Å². The van der Waals surface area contributed by atoms with Gasteiger partial charge in [0.05, 0.1) is 17.2 Å². The number of halogens is 3. The van der Waals surface area contributed by atoms with Crippen molar-refractivity contribution >= 4 is 27.8 Å². The highest BCUT2D eigenvalue weighted by Crippen LogP contribution is 2.37. The molecule has 7 heteroatoms. The van der Waals surface area contributed by atoms with E-state index in [9.17, 15) is 13.2 Å². The SMILES string of the molecule is Nc1nc(C(c2ccc(C(F)(F)F)cc2)c2cccs2)cs1. The molecule has 0 aliphatic carbocycles. The molecule has 3 rings (SSSR count). The largest absolute Gasteiger partial charge is 0.416 e. The Labute approximate surface area is 133 Å². The lowest BCUT2D eigenvalue weighted by atomic mass is 9.94. The normalized spacial score (nSPS) is 13.2. The molecule has 1 atom stereocenters. The fourth-order valence-corrected chi connectivity index (χ4v) is 3.69. The van der Waals surface area contributed by atoms with Crippen LogP contribution in [0.5, 0.6) is 0 Å². The minimum Gasteiger partial charge on any atom is -0.375 e. The molecule has 2 heterocycles. The molecule has 0 saturated heterocycles. The zero-order valence-corrected chi connectivity index (χ0v) is 12.8. The van der Waals surface area contributed by atoms with Crippen LogP contribution in [0, 0.1) is 0 Å². The van der Waals surface area contributed by atoms with Crippen LogP contribution >= 0.6 is 22.7 Å². The third-order valence-electron chi connectivity index (χ3n) is 3.23.